The summed E-state index contributed by atoms with van der Waals surface area (Å²) in [6.07, 6.45) is 8.41. The number of pyridine rings is 1. The first-order valence-corrected chi connectivity index (χ1v) is 8.78. The molecule has 0 aromatic carbocycles. The average molecular weight is 317 g/mol. The van der Waals surface area contributed by atoms with Crippen LogP contribution < -0.4 is 10.6 Å². The molecule has 1 aromatic heterocycles. The highest BCUT2D eigenvalue weighted by atomic mass is 16.5. The Morgan fingerprint density at radius 2 is 2.22 bits per heavy atom. The number of carbonyl (C=O) groups is 1. The van der Waals surface area contributed by atoms with Crippen LogP contribution in [0.15, 0.2) is 18.3 Å². The number of ether oxygens (including phenoxy) is 1. The lowest BCUT2D eigenvalue weighted by atomic mass is 9.75. The van der Waals surface area contributed by atoms with Crippen molar-refractivity contribution in [3.63, 3.8) is 0 Å². The molecule has 1 atom stereocenters. The summed E-state index contributed by atoms with van der Waals surface area (Å²) in [5.41, 5.74) is 2.41. The van der Waals surface area contributed by atoms with E-state index in [-0.39, 0.29) is 17.5 Å². The zero-order valence-electron chi connectivity index (χ0n) is 13.9. The van der Waals surface area contributed by atoms with E-state index >= 15 is 0 Å². The number of aromatic nitrogens is 1. The summed E-state index contributed by atoms with van der Waals surface area (Å²) in [6.45, 7) is 4.25. The largest absolute Gasteiger partial charge is 0.381 e. The van der Waals surface area contributed by atoms with Crippen LogP contribution in [0, 0.1) is 5.41 Å². The molecule has 2 N–H and O–H groups in total. The van der Waals surface area contributed by atoms with E-state index in [1.807, 2.05) is 12.3 Å². The van der Waals surface area contributed by atoms with Crippen molar-refractivity contribution in [1.29, 1.82) is 0 Å². The van der Waals surface area contributed by atoms with E-state index in [2.05, 4.69) is 28.6 Å². The van der Waals surface area contributed by atoms with Crippen LogP contribution in [0.25, 0.3) is 0 Å². The molecule has 1 aliphatic heterocycles. The molecule has 5 nitrogen and oxygen atoms in total. The molecule has 5 heteroatoms. The van der Waals surface area contributed by atoms with Crippen LogP contribution >= 0.6 is 0 Å². The van der Waals surface area contributed by atoms with Crippen molar-refractivity contribution >= 4 is 6.03 Å². The van der Waals surface area contributed by atoms with E-state index in [1.54, 1.807) is 0 Å². The first-order valence-electron chi connectivity index (χ1n) is 8.78. The van der Waals surface area contributed by atoms with Gasteiger partial charge < -0.3 is 15.4 Å². The molecule has 1 saturated heterocycles. The minimum atomic E-state index is -0.0773. The lowest BCUT2D eigenvalue weighted by Crippen LogP contribution is -2.50. The summed E-state index contributed by atoms with van der Waals surface area (Å²) in [5, 5.41) is 6.16. The van der Waals surface area contributed by atoms with Crippen LogP contribution in [0.5, 0.6) is 0 Å². The fourth-order valence-corrected chi connectivity index (χ4v) is 3.97. The molecule has 2 heterocycles. The SMILES string of the molecule is CCc1ccnc(CNC(=O)N[C@@H]2CCCC23CCOCC3)c1. The Morgan fingerprint density at radius 3 is 3.00 bits per heavy atom. The summed E-state index contributed by atoms with van der Waals surface area (Å²) < 4.78 is 5.50. The van der Waals surface area contributed by atoms with Gasteiger partial charge in [0, 0.05) is 25.5 Å². The van der Waals surface area contributed by atoms with Crippen molar-refractivity contribution in [2.45, 2.75) is 58.0 Å². The third kappa shape index (κ3) is 3.83. The van der Waals surface area contributed by atoms with Crippen molar-refractivity contribution in [3.05, 3.63) is 29.6 Å². The van der Waals surface area contributed by atoms with E-state index < -0.39 is 0 Å². The van der Waals surface area contributed by atoms with Gasteiger partial charge in [-0.3, -0.25) is 4.98 Å². The van der Waals surface area contributed by atoms with Crippen molar-refractivity contribution in [2.24, 2.45) is 5.41 Å². The zero-order chi connectivity index (χ0) is 16.1. The molecule has 0 bridgehead atoms. The second-order valence-corrected chi connectivity index (χ2v) is 6.76. The monoisotopic (exact) mass is 317 g/mol. The summed E-state index contributed by atoms with van der Waals surface area (Å²) >= 11 is 0. The number of aryl methyl sites for hydroxylation is 1. The van der Waals surface area contributed by atoms with E-state index in [9.17, 15) is 4.79 Å². The van der Waals surface area contributed by atoms with E-state index in [4.69, 9.17) is 4.74 Å². The van der Waals surface area contributed by atoms with Crippen LogP contribution in [-0.4, -0.2) is 30.3 Å². The van der Waals surface area contributed by atoms with Crippen molar-refractivity contribution in [2.75, 3.05) is 13.2 Å². The highest BCUT2D eigenvalue weighted by Crippen LogP contribution is 2.45. The highest BCUT2D eigenvalue weighted by molar-refractivity contribution is 5.74. The molecule has 2 amide bonds. The van der Waals surface area contributed by atoms with Crippen molar-refractivity contribution in [1.82, 2.24) is 15.6 Å². The molecular weight excluding hydrogens is 290 g/mol. The molecule has 2 fully saturated rings. The van der Waals surface area contributed by atoms with Crippen molar-refractivity contribution in [3.8, 4) is 0 Å². The van der Waals surface area contributed by atoms with Crippen LogP contribution in [0.3, 0.4) is 0 Å². The summed E-state index contributed by atoms with van der Waals surface area (Å²) in [4.78, 5) is 16.6. The zero-order valence-corrected chi connectivity index (χ0v) is 13.9. The molecule has 1 aliphatic carbocycles. The Morgan fingerprint density at radius 1 is 1.39 bits per heavy atom. The third-order valence-corrected chi connectivity index (χ3v) is 5.42. The first-order chi connectivity index (χ1) is 11.2. The van der Waals surface area contributed by atoms with Crippen molar-refractivity contribution < 1.29 is 9.53 Å². The minimum absolute atomic E-state index is 0.0773. The minimum Gasteiger partial charge on any atom is -0.381 e. The maximum absolute atomic E-state index is 12.3. The van der Waals surface area contributed by atoms with Gasteiger partial charge in [0.1, 0.15) is 0 Å². The van der Waals surface area contributed by atoms with Gasteiger partial charge in [-0.1, -0.05) is 13.3 Å². The maximum atomic E-state index is 12.3. The van der Waals surface area contributed by atoms with Crippen LogP contribution in [0.4, 0.5) is 4.79 Å². The molecule has 1 aromatic rings. The maximum Gasteiger partial charge on any atom is 0.315 e. The molecule has 2 aliphatic rings. The van der Waals surface area contributed by atoms with Crippen LogP contribution in [0.2, 0.25) is 0 Å². The van der Waals surface area contributed by atoms with Gasteiger partial charge in [0.15, 0.2) is 0 Å². The fraction of sp³-hybridized carbons (Fsp3) is 0.667. The number of carbonyl (C=O) groups excluding carboxylic acids is 1. The molecule has 3 rings (SSSR count). The molecule has 1 spiro atoms. The Kier molecular flexibility index (Phi) is 5.16. The second-order valence-electron chi connectivity index (χ2n) is 6.76. The molecule has 0 unspecified atom stereocenters. The quantitative estimate of drug-likeness (QED) is 0.897. The van der Waals surface area contributed by atoms with Gasteiger partial charge in [0.2, 0.25) is 0 Å². The molecule has 0 radical (unpaired) electrons. The molecule has 23 heavy (non-hydrogen) atoms. The number of nitrogens with zero attached hydrogens (tertiary/aromatic N) is 1. The predicted molar refractivity (Wildman–Crippen MR) is 89.1 cm³/mol. The second kappa shape index (κ2) is 7.30. The smallest absolute Gasteiger partial charge is 0.315 e. The number of urea groups is 1. The standard InChI is InChI=1S/C18H27N3O2/c1-2-14-5-9-19-15(12-14)13-20-17(22)21-16-4-3-6-18(16)7-10-23-11-8-18/h5,9,12,16H,2-4,6-8,10-11,13H2,1H3,(H2,20,21,22)/t16-/m1/s1. The topological polar surface area (TPSA) is 63.2 Å². The van der Waals surface area contributed by atoms with Gasteiger partial charge in [-0.05, 0) is 55.2 Å². The van der Waals surface area contributed by atoms with Gasteiger partial charge >= 0.3 is 6.03 Å². The van der Waals surface area contributed by atoms with Gasteiger partial charge in [-0.25, -0.2) is 4.79 Å². The lowest BCUT2D eigenvalue weighted by Gasteiger charge is -2.39. The van der Waals surface area contributed by atoms with Gasteiger partial charge in [-0.15, -0.1) is 0 Å². The Labute approximate surface area is 138 Å². The van der Waals surface area contributed by atoms with Crippen LogP contribution in [0.1, 0.15) is 50.3 Å². The number of hydrogen-bond donors (Lipinski definition) is 2. The van der Waals surface area contributed by atoms with E-state index in [0.29, 0.717) is 6.54 Å². The van der Waals surface area contributed by atoms with E-state index in [1.165, 1.54) is 18.4 Å². The van der Waals surface area contributed by atoms with Gasteiger partial charge in [-0.2, -0.15) is 0 Å². The van der Waals surface area contributed by atoms with Gasteiger partial charge in [0.25, 0.3) is 0 Å². The normalized spacial score (nSPS) is 22.9. The Hall–Kier alpha value is -1.62. The van der Waals surface area contributed by atoms with Gasteiger partial charge in [0.05, 0.1) is 12.2 Å². The molecule has 1 saturated carbocycles. The third-order valence-electron chi connectivity index (χ3n) is 5.42. The summed E-state index contributed by atoms with van der Waals surface area (Å²) in [6, 6.07) is 4.26. The predicted octanol–water partition coefficient (Wildman–Crippen LogP) is 2.79. The number of amides is 2. The van der Waals surface area contributed by atoms with Crippen LogP contribution in [-0.2, 0) is 17.7 Å². The average Bonchev–Trinajstić information content (AvgIpc) is 2.95. The summed E-state index contributed by atoms with van der Waals surface area (Å²) in [7, 11) is 0. The Bertz CT molecular complexity index is 541. The fourth-order valence-electron chi connectivity index (χ4n) is 3.97. The number of hydrogen-bond acceptors (Lipinski definition) is 3. The first kappa shape index (κ1) is 16.2. The van der Waals surface area contributed by atoms with E-state index in [0.717, 1.165) is 44.6 Å². The molecular formula is C18H27N3O2. The highest BCUT2D eigenvalue weighted by Gasteiger charge is 2.44. The lowest BCUT2D eigenvalue weighted by molar-refractivity contribution is 0.00623. The molecule has 126 valence electrons. The number of nitrogens with one attached hydrogen (secondary N) is 2. The summed E-state index contributed by atoms with van der Waals surface area (Å²) in [5.74, 6) is 0. The number of rotatable bonds is 4. The Balaban J connectivity index is 1.52.